The fourth-order valence-electron chi connectivity index (χ4n) is 5.54. The number of aryl methyl sites for hydroxylation is 1. The molecule has 2 atom stereocenters. The summed E-state index contributed by atoms with van der Waals surface area (Å²) in [6.45, 7) is 9.79. The molecule has 7 nitrogen and oxygen atoms in total. The van der Waals surface area contributed by atoms with Gasteiger partial charge < -0.3 is 15.6 Å². The third-order valence-corrected chi connectivity index (χ3v) is 8.22. The van der Waals surface area contributed by atoms with Crippen molar-refractivity contribution < 1.29 is 18.0 Å². The Kier molecular flexibility index (Phi) is 7.39. The van der Waals surface area contributed by atoms with Gasteiger partial charge in [0.15, 0.2) is 11.6 Å². The quantitative estimate of drug-likeness (QED) is 0.177. The summed E-state index contributed by atoms with van der Waals surface area (Å²) in [6.07, 6.45) is 4.26. The first kappa shape index (κ1) is 27.5. The molecule has 1 saturated carbocycles. The monoisotopic (exact) mass is 586 g/mol. The maximum atomic E-state index is 16.3. The lowest BCUT2D eigenvalue weighted by molar-refractivity contribution is 0.0922. The highest BCUT2D eigenvalue weighted by Crippen LogP contribution is 2.44. The minimum absolute atomic E-state index is 0.0453. The summed E-state index contributed by atoms with van der Waals surface area (Å²) in [5.41, 5.74) is 1.26. The van der Waals surface area contributed by atoms with E-state index in [1.54, 1.807) is 35.7 Å². The number of nitrogens with zero attached hydrogens (tertiary/aromatic N) is 3. The van der Waals surface area contributed by atoms with Crippen LogP contribution in [0.2, 0.25) is 0 Å². The topological polar surface area (TPSA) is 87.1 Å². The van der Waals surface area contributed by atoms with Gasteiger partial charge in [-0.25, -0.2) is 28.0 Å². The molecule has 1 aliphatic rings. The summed E-state index contributed by atoms with van der Waals surface area (Å²) in [4.78, 5) is 28.0. The molecule has 2 aromatic carbocycles. The molecule has 5 aromatic rings. The van der Waals surface area contributed by atoms with Crippen LogP contribution in [0.25, 0.3) is 38.1 Å². The number of halogens is 3. The van der Waals surface area contributed by atoms with Gasteiger partial charge in [0.05, 0.1) is 22.8 Å². The van der Waals surface area contributed by atoms with Gasteiger partial charge in [-0.15, -0.1) is 11.3 Å². The van der Waals surface area contributed by atoms with Crippen LogP contribution < -0.4 is 10.6 Å². The molecule has 1 fully saturated rings. The van der Waals surface area contributed by atoms with Crippen molar-refractivity contribution >= 4 is 39.7 Å². The SMILES string of the molecule is [C-]#[N+]c1c(-c2c[nH]c3c(F)cc(F)cc23)nc(N[C@H]2CCC[C@@H](NC(=O)c3csc(C)n3)C2)c(F)c1-c1ccccc1. The van der Waals surface area contributed by atoms with Crippen molar-refractivity contribution in [1.29, 1.82) is 0 Å². The van der Waals surface area contributed by atoms with Crippen molar-refractivity contribution in [2.24, 2.45) is 0 Å². The van der Waals surface area contributed by atoms with Crippen molar-refractivity contribution in [2.75, 3.05) is 5.32 Å². The molecule has 42 heavy (non-hydrogen) atoms. The molecular formula is C31H25F3N6OS. The van der Waals surface area contributed by atoms with E-state index >= 15 is 4.39 Å². The number of benzene rings is 2. The highest BCUT2D eigenvalue weighted by Gasteiger charge is 2.29. The molecule has 0 radical (unpaired) electrons. The van der Waals surface area contributed by atoms with Crippen LogP contribution in [0.1, 0.15) is 41.2 Å². The summed E-state index contributed by atoms with van der Waals surface area (Å²) in [7, 11) is 0. The number of nitrogens with one attached hydrogen (secondary N) is 3. The van der Waals surface area contributed by atoms with Crippen molar-refractivity contribution in [3.05, 3.63) is 93.6 Å². The number of aromatic nitrogens is 3. The highest BCUT2D eigenvalue weighted by atomic mass is 32.1. The first-order valence-electron chi connectivity index (χ1n) is 13.4. The molecule has 3 heterocycles. The fourth-order valence-corrected chi connectivity index (χ4v) is 6.13. The Morgan fingerprint density at radius 1 is 1.12 bits per heavy atom. The second-order valence-corrected chi connectivity index (χ2v) is 11.3. The maximum absolute atomic E-state index is 16.3. The number of carbonyl (C=O) groups excluding carboxylic acids is 1. The van der Waals surface area contributed by atoms with Crippen LogP contribution in [0.3, 0.4) is 0 Å². The molecule has 0 aliphatic heterocycles. The lowest BCUT2D eigenvalue weighted by Gasteiger charge is -2.31. The third kappa shape index (κ3) is 5.21. The van der Waals surface area contributed by atoms with E-state index in [0.29, 0.717) is 24.1 Å². The van der Waals surface area contributed by atoms with Crippen molar-refractivity contribution in [3.8, 4) is 22.4 Å². The number of rotatable bonds is 6. The Morgan fingerprint density at radius 2 is 1.90 bits per heavy atom. The number of hydrogen-bond acceptors (Lipinski definition) is 5. The van der Waals surface area contributed by atoms with Gasteiger partial charge in [0, 0.05) is 46.2 Å². The molecule has 0 unspecified atom stereocenters. The Balaban J connectivity index is 1.39. The average molecular weight is 587 g/mol. The van der Waals surface area contributed by atoms with E-state index in [-0.39, 0.29) is 57.2 Å². The lowest BCUT2D eigenvalue weighted by atomic mass is 9.90. The predicted octanol–water partition coefficient (Wildman–Crippen LogP) is 7.78. The standard InChI is InChI=1S/C31H25F3N6OS/c1-16-37-24(15-42-16)31(41)39-20-10-6-9-19(13-20)38-30-26(34)25(17-7-4-3-5-8-17)29(35-2)28(40-30)22-14-36-27-21(22)11-18(32)12-23(27)33/h3-5,7-8,11-12,14-15,19-20,36H,6,9-10,13H2,1H3,(H,38,40)(H,39,41)/t19-,20+/m0/s1. The van der Waals surface area contributed by atoms with Gasteiger partial charge in [0.25, 0.3) is 5.91 Å². The molecule has 3 N–H and O–H groups in total. The van der Waals surface area contributed by atoms with Gasteiger partial charge in [0.2, 0.25) is 5.69 Å². The zero-order valence-corrected chi connectivity index (χ0v) is 23.3. The Hall–Kier alpha value is -4.69. The van der Waals surface area contributed by atoms with Crippen LogP contribution in [-0.2, 0) is 0 Å². The van der Waals surface area contributed by atoms with Gasteiger partial charge >= 0.3 is 0 Å². The number of thiazole rings is 1. The molecule has 0 spiro atoms. The van der Waals surface area contributed by atoms with Gasteiger partial charge in [-0.05, 0) is 44.2 Å². The second-order valence-electron chi connectivity index (χ2n) is 10.3. The Labute approximate surface area is 243 Å². The Morgan fingerprint density at radius 3 is 2.64 bits per heavy atom. The zero-order chi connectivity index (χ0) is 29.4. The highest BCUT2D eigenvalue weighted by molar-refractivity contribution is 7.09. The molecule has 3 aromatic heterocycles. The zero-order valence-electron chi connectivity index (χ0n) is 22.5. The third-order valence-electron chi connectivity index (χ3n) is 7.45. The number of H-pyrrole nitrogens is 1. The summed E-state index contributed by atoms with van der Waals surface area (Å²) in [5.74, 6) is -2.58. The normalized spacial score (nSPS) is 16.7. The molecule has 1 aliphatic carbocycles. The van der Waals surface area contributed by atoms with E-state index in [2.05, 4.69) is 30.4 Å². The van der Waals surface area contributed by atoms with Crippen LogP contribution in [0.15, 0.2) is 54.0 Å². The van der Waals surface area contributed by atoms with Crippen LogP contribution in [0.4, 0.5) is 24.7 Å². The van der Waals surface area contributed by atoms with Gasteiger partial charge in [0.1, 0.15) is 17.3 Å². The number of aromatic amines is 1. The van der Waals surface area contributed by atoms with Crippen molar-refractivity contribution in [2.45, 2.75) is 44.7 Å². The van der Waals surface area contributed by atoms with Crippen LogP contribution in [0.5, 0.6) is 0 Å². The predicted molar refractivity (Wildman–Crippen MR) is 157 cm³/mol. The summed E-state index contributed by atoms with van der Waals surface area (Å²) >= 11 is 1.40. The molecule has 11 heteroatoms. The molecule has 0 bridgehead atoms. The van der Waals surface area contributed by atoms with Crippen LogP contribution in [0, 0.1) is 30.9 Å². The molecule has 6 rings (SSSR count). The molecular weight excluding hydrogens is 561 g/mol. The fraction of sp³-hybridized carbons (Fsp3) is 0.226. The number of amides is 1. The second kappa shape index (κ2) is 11.3. The van der Waals surface area contributed by atoms with Gasteiger partial charge in [-0.2, -0.15) is 0 Å². The minimum atomic E-state index is -0.785. The first-order chi connectivity index (χ1) is 20.3. The summed E-state index contributed by atoms with van der Waals surface area (Å²) in [5, 5.41) is 8.97. The summed E-state index contributed by atoms with van der Waals surface area (Å²) < 4.78 is 45.1. The van der Waals surface area contributed by atoms with E-state index in [4.69, 9.17) is 6.57 Å². The van der Waals surface area contributed by atoms with Gasteiger partial charge in [-0.1, -0.05) is 30.3 Å². The molecule has 212 valence electrons. The van der Waals surface area contributed by atoms with Crippen LogP contribution >= 0.6 is 11.3 Å². The summed E-state index contributed by atoms with van der Waals surface area (Å²) in [6, 6.07) is 10.2. The molecule has 1 amide bonds. The number of fused-ring (bicyclic) bond motifs is 1. The van der Waals surface area contributed by atoms with E-state index in [1.807, 2.05) is 6.92 Å². The maximum Gasteiger partial charge on any atom is 0.270 e. The number of carbonyl (C=O) groups is 1. The van der Waals surface area contributed by atoms with Crippen LogP contribution in [-0.4, -0.2) is 32.9 Å². The number of hydrogen-bond donors (Lipinski definition) is 3. The van der Waals surface area contributed by atoms with E-state index < -0.39 is 17.5 Å². The first-order valence-corrected chi connectivity index (χ1v) is 14.3. The minimum Gasteiger partial charge on any atom is -0.365 e. The number of anilines is 1. The van der Waals surface area contributed by atoms with E-state index in [9.17, 15) is 13.6 Å². The smallest absolute Gasteiger partial charge is 0.270 e. The number of pyridine rings is 1. The molecule has 0 saturated heterocycles. The van der Waals surface area contributed by atoms with Crippen molar-refractivity contribution in [1.82, 2.24) is 20.3 Å². The largest absolute Gasteiger partial charge is 0.365 e. The lowest BCUT2D eigenvalue weighted by Crippen LogP contribution is -2.42. The Bertz CT molecular complexity index is 1850. The van der Waals surface area contributed by atoms with E-state index in [0.717, 1.165) is 30.0 Å². The van der Waals surface area contributed by atoms with Crippen molar-refractivity contribution in [3.63, 3.8) is 0 Å². The average Bonchev–Trinajstić information content (AvgIpc) is 3.61. The van der Waals surface area contributed by atoms with E-state index in [1.165, 1.54) is 17.5 Å². The van der Waals surface area contributed by atoms with Gasteiger partial charge in [-0.3, -0.25) is 4.79 Å².